The van der Waals surface area contributed by atoms with Gasteiger partial charge in [-0.3, -0.25) is 0 Å². The van der Waals surface area contributed by atoms with Gasteiger partial charge in [0.2, 0.25) is 10.0 Å². The summed E-state index contributed by atoms with van der Waals surface area (Å²) in [5.74, 6) is 0.632. The Morgan fingerprint density at radius 1 is 1.19 bits per heavy atom. The Morgan fingerprint density at radius 2 is 1.86 bits per heavy atom. The fourth-order valence-corrected chi connectivity index (χ4v) is 3.93. The van der Waals surface area contributed by atoms with E-state index in [4.69, 9.17) is 4.74 Å². The number of benzene rings is 1. The van der Waals surface area contributed by atoms with E-state index in [-0.39, 0.29) is 10.3 Å². The SMILES string of the molecule is COc1ccc(S(=O)(=O)NCC(C)(C)c2cccs2)cc1. The first-order valence-electron chi connectivity index (χ1n) is 6.53. The van der Waals surface area contributed by atoms with Crippen LogP contribution in [0, 0.1) is 0 Å². The number of nitrogens with one attached hydrogen (secondary N) is 1. The topological polar surface area (TPSA) is 55.4 Å². The van der Waals surface area contributed by atoms with E-state index in [1.807, 2.05) is 31.4 Å². The summed E-state index contributed by atoms with van der Waals surface area (Å²) in [4.78, 5) is 1.39. The van der Waals surface area contributed by atoms with Gasteiger partial charge in [0.05, 0.1) is 12.0 Å². The Balaban J connectivity index is 2.10. The highest BCUT2D eigenvalue weighted by atomic mass is 32.2. The van der Waals surface area contributed by atoms with Gasteiger partial charge in [-0.15, -0.1) is 11.3 Å². The smallest absolute Gasteiger partial charge is 0.240 e. The van der Waals surface area contributed by atoms with E-state index >= 15 is 0 Å². The van der Waals surface area contributed by atoms with E-state index in [2.05, 4.69) is 4.72 Å². The Kier molecular flexibility index (Phi) is 4.70. The molecule has 0 aliphatic rings. The van der Waals surface area contributed by atoms with Crippen molar-refractivity contribution in [2.45, 2.75) is 24.2 Å². The first kappa shape index (κ1) is 16.0. The molecule has 2 aromatic rings. The van der Waals surface area contributed by atoms with Crippen molar-refractivity contribution in [3.05, 3.63) is 46.7 Å². The maximum atomic E-state index is 12.3. The minimum Gasteiger partial charge on any atom is -0.497 e. The van der Waals surface area contributed by atoms with Crippen molar-refractivity contribution in [1.29, 1.82) is 0 Å². The molecular weight excluding hydrogens is 306 g/mol. The van der Waals surface area contributed by atoms with Crippen LogP contribution in [-0.4, -0.2) is 22.1 Å². The Labute approximate surface area is 129 Å². The quantitative estimate of drug-likeness (QED) is 0.888. The fraction of sp³-hybridized carbons (Fsp3) is 0.333. The van der Waals surface area contributed by atoms with Crippen LogP contribution in [0.3, 0.4) is 0 Å². The predicted octanol–water partition coefficient (Wildman–Crippen LogP) is 3.01. The zero-order valence-corrected chi connectivity index (χ0v) is 13.9. The summed E-state index contributed by atoms with van der Waals surface area (Å²) in [7, 11) is -1.96. The van der Waals surface area contributed by atoms with Crippen LogP contribution in [0.5, 0.6) is 5.75 Å². The molecule has 1 aromatic carbocycles. The third-order valence-electron chi connectivity index (χ3n) is 3.26. The van der Waals surface area contributed by atoms with Crippen molar-refractivity contribution in [3.8, 4) is 5.75 Å². The molecule has 6 heteroatoms. The van der Waals surface area contributed by atoms with Gasteiger partial charge in [-0.2, -0.15) is 0 Å². The van der Waals surface area contributed by atoms with Gasteiger partial charge in [-0.05, 0) is 35.7 Å². The van der Waals surface area contributed by atoms with E-state index in [1.165, 1.54) is 0 Å². The Bertz CT molecular complexity index is 674. The van der Waals surface area contributed by atoms with Crippen LogP contribution in [0.2, 0.25) is 0 Å². The zero-order valence-electron chi connectivity index (χ0n) is 12.3. The highest BCUT2D eigenvalue weighted by Crippen LogP contribution is 2.27. The molecule has 0 bridgehead atoms. The number of methoxy groups -OCH3 is 1. The van der Waals surface area contributed by atoms with E-state index in [1.54, 1.807) is 42.7 Å². The molecule has 0 saturated carbocycles. The van der Waals surface area contributed by atoms with Gasteiger partial charge in [-0.1, -0.05) is 19.9 Å². The minimum atomic E-state index is -3.51. The van der Waals surface area contributed by atoms with Crippen molar-refractivity contribution >= 4 is 21.4 Å². The molecule has 2 rings (SSSR count). The summed E-state index contributed by atoms with van der Waals surface area (Å²) >= 11 is 1.63. The van der Waals surface area contributed by atoms with E-state index < -0.39 is 10.0 Å². The molecule has 0 atom stereocenters. The summed E-state index contributed by atoms with van der Waals surface area (Å²) in [6.07, 6.45) is 0. The standard InChI is InChI=1S/C15H19NO3S2/c1-15(2,14-5-4-10-20-14)11-16-21(17,18)13-8-6-12(19-3)7-9-13/h4-10,16H,11H2,1-3H3. The van der Waals surface area contributed by atoms with Gasteiger partial charge in [0.15, 0.2) is 0 Å². The molecule has 0 aliphatic carbocycles. The molecule has 0 unspecified atom stereocenters. The lowest BCUT2D eigenvalue weighted by atomic mass is 9.92. The number of rotatable bonds is 6. The largest absolute Gasteiger partial charge is 0.497 e. The van der Waals surface area contributed by atoms with Gasteiger partial charge in [0.1, 0.15) is 5.75 Å². The van der Waals surface area contributed by atoms with Crippen LogP contribution < -0.4 is 9.46 Å². The summed E-state index contributed by atoms with van der Waals surface area (Å²) in [6, 6.07) is 10.3. The lowest BCUT2D eigenvalue weighted by molar-refractivity contribution is 0.414. The summed E-state index contributed by atoms with van der Waals surface area (Å²) in [5, 5.41) is 2.00. The molecule has 4 nitrogen and oxygen atoms in total. The van der Waals surface area contributed by atoms with Crippen LogP contribution in [0.15, 0.2) is 46.7 Å². The van der Waals surface area contributed by atoms with E-state index in [0.717, 1.165) is 4.88 Å². The second-order valence-electron chi connectivity index (χ2n) is 5.36. The molecule has 0 saturated heterocycles. The average Bonchev–Trinajstić information content (AvgIpc) is 3.01. The molecule has 1 aromatic heterocycles. The molecular formula is C15H19NO3S2. The monoisotopic (exact) mass is 325 g/mol. The first-order chi connectivity index (χ1) is 9.85. The molecule has 1 heterocycles. The van der Waals surface area contributed by atoms with Crippen LogP contribution in [0.1, 0.15) is 18.7 Å². The minimum absolute atomic E-state index is 0.241. The van der Waals surface area contributed by atoms with Crippen molar-refractivity contribution in [2.24, 2.45) is 0 Å². The van der Waals surface area contributed by atoms with E-state index in [0.29, 0.717) is 12.3 Å². The fourth-order valence-electron chi connectivity index (χ4n) is 1.86. The van der Waals surface area contributed by atoms with Gasteiger partial charge in [-0.25, -0.2) is 13.1 Å². The number of ether oxygens (including phenoxy) is 1. The second-order valence-corrected chi connectivity index (χ2v) is 8.08. The third kappa shape index (κ3) is 3.84. The number of hydrogen-bond acceptors (Lipinski definition) is 4. The maximum Gasteiger partial charge on any atom is 0.240 e. The number of thiophene rings is 1. The van der Waals surface area contributed by atoms with Gasteiger partial charge < -0.3 is 4.74 Å². The average molecular weight is 325 g/mol. The van der Waals surface area contributed by atoms with Crippen LogP contribution >= 0.6 is 11.3 Å². The summed E-state index contributed by atoms with van der Waals surface area (Å²) in [5.41, 5.74) is -0.242. The van der Waals surface area contributed by atoms with Crippen molar-refractivity contribution in [2.75, 3.05) is 13.7 Å². The van der Waals surface area contributed by atoms with Crippen molar-refractivity contribution < 1.29 is 13.2 Å². The molecule has 0 amide bonds. The molecule has 21 heavy (non-hydrogen) atoms. The highest BCUT2D eigenvalue weighted by Gasteiger charge is 2.25. The van der Waals surface area contributed by atoms with E-state index in [9.17, 15) is 8.42 Å². The van der Waals surface area contributed by atoms with Crippen molar-refractivity contribution in [1.82, 2.24) is 4.72 Å². The Morgan fingerprint density at radius 3 is 2.38 bits per heavy atom. The predicted molar refractivity (Wildman–Crippen MR) is 85.5 cm³/mol. The number of hydrogen-bond donors (Lipinski definition) is 1. The highest BCUT2D eigenvalue weighted by molar-refractivity contribution is 7.89. The molecule has 114 valence electrons. The van der Waals surface area contributed by atoms with Crippen LogP contribution in [0.25, 0.3) is 0 Å². The summed E-state index contributed by atoms with van der Waals surface area (Å²) in [6.45, 7) is 4.40. The number of sulfonamides is 1. The summed E-state index contributed by atoms with van der Waals surface area (Å²) < 4.78 is 32.3. The van der Waals surface area contributed by atoms with Gasteiger partial charge >= 0.3 is 0 Å². The lowest BCUT2D eigenvalue weighted by Gasteiger charge is -2.23. The van der Waals surface area contributed by atoms with Crippen molar-refractivity contribution in [3.63, 3.8) is 0 Å². The molecule has 0 spiro atoms. The first-order valence-corrected chi connectivity index (χ1v) is 8.89. The molecule has 0 radical (unpaired) electrons. The molecule has 1 N–H and O–H groups in total. The van der Waals surface area contributed by atoms with Gasteiger partial charge in [0.25, 0.3) is 0 Å². The lowest BCUT2D eigenvalue weighted by Crippen LogP contribution is -2.36. The molecule has 0 aliphatic heterocycles. The van der Waals surface area contributed by atoms with Crippen LogP contribution in [-0.2, 0) is 15.4 Å². The normalized spacial score (nSPS) is 12.3. The van der Waals surface area contributed by atoms with Crippen LogP contribution in [0.4, 0.5) is 0 Å². The Hall–Kier alpha value is -1.37. The molecule has 0 fully saturated rings. The second kappa shape index (κ2) is 6.17. The zero-order chi connectivity index (χ0) is 15.5. The maximum absolute atomic E-state index is 12.3. The third-order valence-corrected chi connectivity index (χ3v) is 5.92. The van der Waals surface area contributed by atoms with Gasteiger partial charge in [0, 0.05) is 16.8 Å².